The second-order valence-electron chi connectivity index (χ2n) is 11.2. The molecule has 11 heteroatoms. The summed E-state index contributed by atoms with van der Waals surface area (Å²) in [5, 5.41) is 27.0. The van der Waals surface area contributed by atoms with E-state index in [0.29, 0.717) is 35.6 Å². The second-order valence-corrected chi connectivity index (χ2v) is 12.9. The molecule has 1 aromatic heterocycles. The van der Waals surface area contributed by atoms with Gasteiger partial charge in [0, 0.05) is 18.2 Å². The molecule has 0 bridgehead atoms. The van der Waals surface area contributed by atoms with E-state index >= 15 is 0 Å². The van der Waals surface area contributed by atoms with Crippen LogP contribution >= 0.6 is 0 Å². The summed E-state index contributed by atoms with van der Waals surface area (Å²) in [7, 11) is -3.69. The van der Waals surface area contributed by atoms with Gasteiger partial charge in [-0.15, -0.1) is 5.11 Å². The highest BCUT2D eigenvalue weighted by Gasteiger charge is 2.30. The Morgan fingerprint density at radius 3 is 1.77 bits per heavy atom. The first-order valence-electron chi connectivity index (χ1n) is 12.6. The third-order valence-electron chi connectivity index (χ3n) is 5.69. The summed E-state index contributed by atoms with van der Waals surface area (Å²) in [5.74, 6) is -0.222. The van der Waals surface area contributed by atoms with E-state index in [1.54, 1.807) is 50.2 Å². The molecular weight excluding hydrogens is 516 g/mol. The number of hydrogen-bond donors (Lipinski definition) is 2. The number of pyridine rings is 1. The average Bonchev–Trinajstić information content (AvgIpc) is 2.81. The molecule has 0 fully saturated rings. The third kappa shape index (κ3) is 8.14. The Hall–Kier alpha value is -3.70. The van der Waals surface area contributed by atoms with Crippen molar-refractivity contribution in [2.75, 3.05) is 0 Å². The van der Waals surface area contributed by atoms with Crippen molar-refractivity contribution in [3.63, 3.8) is 0 Å². The van der Waals surface area contributed by atoms with Gasteiger partial charge in [0.15, 0.2) is 0 Å². The summed E-state index contributed by atoms with van der Waals surface area (Å²) >= 11 is 0. The molecule has 0 unspecified atom stereocenters. The number of aryl methyl sites for hydroxylation is 1. The molecule has 2 aromatic carbocycles. The van der Waals surface area contributed by atoms with Gasteiger partial charge in [-0.1, -0.05) is 20.8 Å². The monoisotopic (exact) mass is 552 g/mol. The first-order valence-corrected chi connectivity index (χ1v) is 14.1. The highest BCUT2D eigenvalue weighted by molar-refractivity contribution is 7.89. The van der Waals surface area contributed by atoms with Gasteiger partial charge in [-0.3, -0.25) is 9.36 Å². The predicted molar refractivity (Wildman–Crippen MR) is 152 cm³/mol. The van der Waals surface area contributed by atoms with Gasteiger partial charge in [0.25, 0.3) is 5.56 Å². The molecule has 39 heavy (non-hydrogen) atoms. The van der Waals surface area contributed by atoms with Crippen LogP contribution in [0, 0.1) is 12.3 Å². The highest BCUT2D eigenvalue weighted by atomic mass is 32.2. The van der Waals surface area contributed by atoms with Crippen LogP contribution in [0.3, 0.4) is 0 Å². The molecule has 208 valence electrons. The molecule has 0 aliphatic carbocycles. The zero-order chi connectivity index (χ0) is 29.0. The van der Waals surface area contributed by atoms with E-state index in [-0.39, 0.29) is 27.4 Å². The smallest absolute Gasteiger partial charge is 0.253 e. The van der Waals surface area contributed by atoms with Crippen LogP contribution in [-0.2, 0) is 16.6 Å². The van der Waals surface area contributed by atoms with Crippen molar-refractivity contribution in [3.8, 4) is 5.88 Å². The number of azo groups is 2. The number of aromatic nitrogens is 1. The summed E-state index contributed by atoms with van der Waals surface area (Å²) in [6, 6.07) is 14.4. The van der Waals surface area contributed by atoms with Gasteiger partial charge in [-0.2, -0.15) is 15.3 Å². The number of benzene rings is 2. The zero-order valence-electron chi connectivity index (χ0n) is 23.4. The summed E-state index contributed by atoms with van der Waals surface area (Å²) in [6.07, 6.45) is 0.682. The Morgan fingerprint density at radius 1 is 0.846 bits per heavy atom. The molecule has 3 aromatic rings. The SMILES string of the molecule is CCn1c(O)c(N=Nc2ccc(N=Nc3ccc(S(=O)(=O)NC(C)(C)CC(C)(C)C)cc3)cc2)c(C)cc1=O. The Bertz CT molecular complexity index is 1530. The largest absolute Gasteiger partial charge is 0.493 e. The molecule has 1 heterocycles. The van der Waals surface area contributed by atoms with Crippen molar-refractivity contribution in [1.29, 1.82) is 0 Å². The van der Waals surface area contributed by atoms with Crippen LogP contribution in [0.2, 0.25) is 0 Å². The normalized spacial score (nSPS) is 13.0. The van der Waals surface area contributed by atoms with Crippen LogP contribution in [0.1, 0.15) is 53.5 Å². The molecule has 0 aliphatic heterocycles. The maximum atomic E-state index is 12.9. The van der Waals surface area contributed by atoms with Crippen LogP contribution < -0.4 is 10.3 Å². The Balaban J connectivity index is 1.69. The fourth-order valence-electron chi connectivity index (χ4n) is 4.45. The Kier molecular flexibility index (Phi) is 8.87. The van der Waals surface area contributed by atoms with E-state index in [1.165, 1.54) is 22.8 Å². The quantitative estimate of drug-likeness (QED) is 0.271. The lowest BCUT2D eigenvalue weighted by molar-refractivity contribution is 0.269. The van der Waals surface area contributed by atoms with E-state index < -0.39 is 15.6 Å². The first kappa shape index (κ1) is 29.9. The number of sulfonamides is 1. The van der Waals surface area contributed by atoms with Gasteiger partial charge < -0.3 is 5.11 Å². The van der Waals surface area contributed by atoms with Crippen molar-refractivity contribution in [1.82, 2.24) is 9.29 Å². The van der Waals surface area contributed by atoms with Gasteiger partial charge in [0.2, 0.25) is 15.9 Å². The lowest BCUT2D eigenvalue weighted by Crippen LogP contribution is -2.45. The van der Waals surface area contributed by atoms with E-state index in [1.807, 2.05) is 13.8 Å². The van der Waals surface area contributed by atoms with E-state index in [0.717, 1.165) is 0 Å². The molecule has 0 spiro atoms. The number of nitrogens with zero attached hydrogens (tertiary/aromatic N) is 5. The van der Waals surface area contributed by atoms with E-state index in [4.69, 9.17) is 0 Å². The average molecular weight is 553 g/mol. The molecule has 0 aliphatic rings. The van der Waals surface area contributed by atoms with Crippen molar-refractivity contribution in [3.05, 3.63) is 70.5 Å². The van der Waals surface area contributed by atoms with Gasteiger partial charge in [-0.25, -0.2) is 13.1 Å². The highest BCUT2D eigenvalue weighted by Crippen LogP contribution is 2.31. The van der Waals surface area contributed by atoms with Gasteiger partial charge >= 0.3 is 0 Å². The lowest BCUT2D eigenvalue weighted by Gasteiger charge is -2.32. The van der Waals surface area contributed by atoms with Crippen LogP contribution in [0.25, 0.3) is 0 Å². The molecule has 2 N–H and O–H groups in total. The second kappa shape index (κ2) is 11.6. The Morgan fingerprint density at radius 2 is 1.31 bits per heavy atom. The van der Waals surface area contributed by atoms with Crippen molar-refractivity contribution in [2.24, 2.45) is 25.9 Å². The number of hydrogen-bond acceptors (Lipinski definition) is 8. The summed E-state index contributed by atoms with van der Waals surface area (Å²) in [6.45, 7) is 13.7. The van der Waals surface area contributed by atoms with Crippen LogP contribution in [0.4, 0.5) is 22.7 Å². The number of aromatic hydroxyl groups is 1. The van der Waals surface area contributed by atoms with Crippen molar-refractivity contribution < 1.29 is 13.5 Å². The molecule has 10 nitrogen and oxygen atoms in total. The predicted octanol–water partition coefficient (Wildman–Crippen LogP) is 7.21. The summed E-state index contributed by atoms with van der Waals surface area (Å²) < 4.78 is 29.8. The van der Waals surface area contributed by atoms with Gasteiger partial charge in [-0.05, 0) is 93.6 Å². The van der Waals surface area contributed by atoms with Crippen molar-refractivity contribution >= 4 is 32.8 Å². The van der Waals surface area contributed by atoms with Gasteiger partial charge in [0.1, 0.15) is 5.69 Å². The summed E-state index contributed by atoms with van der Waals surface area (Å²) in [4.78, 5) is 12.1. The molecule has 0 saturated heterocycles. The summed E-state index contributed by atoms with van der Waals surface area (Å²) in [5.41, 5.74) is 1.44. The molecule has 0 atom stereocenters. The molecule has 0 saturated carbocycles. The molecule has 0 radical (unpaired) electrons. The molecule has 0 amide bonds. The Labute approximate surface area is 229 Å². The minimum absolute atomic E-state index is 0.0259. The topological polar surface area (TPSA) is 138 Å². The zero-order valence-corrected chi connectivity index (χ0v) is 24.2. The fraction of sp³-hybridized carbons (Fsp3) is 0.393. The van der Waals surface area contributed by atoms with E-state index in [9.17, 15) is 18.3 Å². The maximum Gasteiger partial charge on any atom is 0.253 e. The van der Waals surface area contributed by atoms with Crippen LogP contribution in [-0.4, -0.2) is 23.6 Å². The minimum Gasteiger partial charge on any atom is -0.493 e. The van der Waals surface area contributed by atoms with Gasteiger partial charge in [0.05, 0.1) is 22.0 Å². The third-order valence-corrected chi connectivity index (χ3v) is 7.40. The van der Waals surface area contributed by atoms with Crippen LogP contribution in [0.5, 0.6) is 5.88 Å². The fourth-order valence-corrected chi connectivity index (χ4v) is 5.87. The van der Waals surface area contributed by atoms with E-state index in [2.05, 4.69) is 46.0 Å². The number of rotatable bonds is 9. The standard InChI is InChI=1S/C28H36N6O4S/c1-8-34-24(35)17-19(2)25(26(34)36)32-31-21-11-9-20(10-12-21)29-30-22-13-15-23(16-14-22)39(37,38)33-28(6,7)18-27(3,4)5/h9-17,33,36H,8,18H2,1-7H3. The first-order chi connectivity index (χ1) is 18.1. The minimum atomic E-state index is -3.69. The lowest BCUT2D eigenvalue weighted by atomic mass is 9.82. The van der Waals surface area contributed by atoms with Crippen molar-refractivity contribution in [2.45, 2.75) is 71.9 Å². The molecule has 3 rings (SSSR count). The maximum absolute atomic E-state index is 12.9. The number of nitrogens with one attached hydrogen (secondary N) is 1. The molecular formula is C28H36N6O4S. The van der Waals surface area contributed by atoms with Crippen LogP contribution in [0.15, 0.2) is 84.7 Å².